The average molecular weight is 249 g/mol. The highest BCUT2D eigenvalue weighted by Crippen LogP contribution is 2.20. The zero-order chi connectivity index (χ0) is 12.4. The number of carbonyl (C=O) groups excluding carboxylic acids is 1. The SMILES string of the molecule is Nc1cccnc1C(=O)c1cc(Cl)cnc1N. The molecule has 0 saturated carbocycles. The number of nitrogens with two attached hydrogens (primary N) is 2. The molecule has 0 spiro atoms. The van der Waals surface area contributed by atoms with Crippen molar-refractivity contribution < 1.29 is 4.79 Å². The van der Waals surface area contributed by atoms with Crippen molar-refractivity contribution in [2.45, 2.75) is 0 Å². The molecule has 2 heterocycles. The van der Waals surface area contributed by atoms with Gasteiger partial charge in [-0.25, -0.2) is 4.98 Å². The molecule has 0 radical (unpaired) electrons. The maximum Gasteiger partial charge on any atom is 0.217 e. The summed E-state index contributed by atoms with van der Waals surface area (Å²) in [6.07, 6.45) is 2.85. The smallest absolute Gasteiger partial charge is 0.217 e. The molecule has 0 aliphatic heterocycles. The Balaban J connectivity index is 2.51. The van der Waals surface area contributed by atoms with Crippen LogP contribution in [0.3, 0.4) is 0 Å². The number of aromatic nitrogens is 2. The Morgan fingerprint density at radius 1 is 1.29 bits per heavy atom. The third kappa shape index (κ3) is 2.19. The predicted octanol–water partition coefficient (Wildman–Crippen LogP) is 1.53. The summed E-state index contributed by atoms with van der Waals surface area (Å²) in [5.74, 6) is -0.292. The van der Waals surface area contributed by atoms with E-state index in [1.165, 1.54) is 18.5 Å². The topological polar surface area (TPSA) is 94.9 Å². The number of pyridine rings is 2. The standard InChI is InChI=1S/C11H9ClN4O/c12-6-4-7(11(14)16-5-6)10(17)9-8(13)2-1-3-15-9/h1-5H,13H2,(H2,14,16). The molecular weight excluding hydrogens is 240 g/mol. The molecule has 0 aromatic carbocycles. The Kier molecular flexibility index (Phi) is 2.93. The molecule has 2 aromatic rings. The Hall–Kier alpha value is -2.14. The fourth-order valence-electron chi connectivity index (χ4n) is 1.37. The van der Waals surface area contributed by atoms with Crippen molar-refractivity contribution in [1.82, 2.24) is 9.97 Å². The van der Waals surface area contributed by atoms with Gasteiger partial charge in [0.15, 0.2) is 0 Å². The first-order chi connectivity index (χ1) is 8.09. The van der Waals surface area contributed by atoms with Crippen LogP contribution in [0.15, 0.2) is 30.6 Å². The van der Waals surface area contributed by atoms with E-state index in [1.54, 1.807) is 12.1 Å². The van der Waals surface area contributed by atoms with Gasteiger partial charge in [-0.3, -0.25) is 9.78 Å². The quantitative estimate of drug-likeness (QED) is 0.786. The van der Waals surface area contributed by atoms with Gasteiger partial charge >= 0.3 is 0 Å². The summed E-state index contributed by atoms with van der Waals surface area (Å²) in [5.41, 5.74) is 11.9. The summed E-state index contributed by atoms with van der Waals surface area (Å²) < 4.78 is 0. The summed E-state index contributed by atoms with van der Waals surface area (Å²) in [6.45, 7) is 0. The van der Waals surface area contributed by atoms with Crippen molar-refractivity contribution in [1.29, 1.82) is 0 Å². The third-order valence-corrected chi connectivity index (χ3v) is 2.39. The van der Waals surface area contributed by atoms with Crippen LogP contribution in [0.5, 0.6) is 0 Å². The zero-order valence-electron chi connectivity index (χ0n) is 8.72. The second-order valence-corrected chi connectivity index (χ2v) is 3.79. The van der Waals surface area contributed by atoms with Gasteiger partial charge in [-0.05, 0) is 18.2 Å². The van der Waals surface area contributed by atoms with Crippen LogP contribution in [0.4, 0.5) is 11.5 Å². The fraction of sp³-hybridized carbons (Fsp3) is 0. The Morgan fingerprint density at radius 2 is 2.06 bits per heavy atom. The van der Waals surface area contributed by atoms with E-state index in [9.17, 15) is 4.79 Å². The lowest BCUT2D eigenvalue weighted by Gasteiger charge is -2.05. The van der Waals surface area contributed by atoms with Gasteiger partial charge in [0.25, 0.3) is 0 Å². The lowest BCUT2D eigenvalue weighted by Crippen LogP contribution is -2.11. The van der Waals surface area contributed by atoms with Crippen LogP contribution in [0.25, 0.3) is 0 Å². The van der Waals surface area contributed by atoms with E-state index in [4.69, 9.17) is 23.1 Å². The normalized spacial score (nSPS) is 10.2. The van der Waals surface area contributed by atoms with Gasteiger partial charge in [0.05, 0.1) is 16.3 Å². The van der Waals surface area contributed by atoms with E-state index in [-0.39, 0.29) is 22.8 Å². The second kappa shape index (κ2) is 4.39. The van der Waals surface area contributed by atoms with E-state index in [1.807, 2.05) is 0 Å². The largest absolute Gasteiger partial charge is 0.397 e. The summed E-state index contributed by atoms with van der Waals surface area (Å²) in [6, 6.07) is 4.68. The molecule has 0 amide bonds. The second-order valence-electron chi connectivity index (χ2n) is 3.36. The minimum absolute atomic E-state index is 0.101. The number of hydrogen-bond donors (Lipinski definition) is 2. The number of hydrogen-bond acceptors (Lipinski definition) is 5. The number of ketones is 1. The lowest BCUT2D eigenvalue weighted by molar-refractivity contribution is 0.103. The first-order valence-electron chi connectivity index (χ1n) is 4.76. The molecule has 0 unspecified atom stereocenters. The van der Waals surface area contributed by atoms with Crippen molar-refractivity contribution >= 4 is 28.9 Å². The number of halogens is 1. The van der Waals surface area contributed by atoms with Gasteiger partial charge in [-0.2, -0.15) is 0 Å². The highest BCUT2D eigenvalue weighted by molar-refractivity contribution is 6.31. The van der Waals surface area contributed by atoms with E-state index in [0.29, 0.717) is 5.02 Å². The molecule has 0 atom stereocenters. The van der Waals surface area contributed by atoms with Crippen molar-refractivity contribution in [2.75, 3.05) is 11.5 Å². The molecule has 86 valence electrons. The highest BCUT2D eigenvalue weighted by Gasteiger charge is 2.17. The Morgan fingerprint density at radius 3 is 2.76 bits per heavy atom. The minimum atomic E-state index is -0.393. The molecule has 2 aromatic heterocycles. The molecule has 0 aliphatic carbocycles. The Bertz CT molecular complexity index is 585. The van der Waals surface area contributed by atoms with Gasteiger partial charge in [0.2, 0.25) is 5.78 Å². The molecule has 4 N–H and O–H groups in total. The van der Waals surface area contributed by atoms with Crippen LogP contribution in [0, 0.1) is 0 Å². The first kappa shape index (κ1) is 11.3. The summed E-state index contributed by atoms with van der Waals surface area (Å²) in [4.78, 5) is 19.9. The predicted molar refractivity (Wildman–Crippen MR) is 65.7 cm³/mol. The van der Waals surface area contributed by atoms with Crippen LogP contribution < -0.4 is 11.5 Å². The van der Waals surface area contributed by atoms with Gasteiger partial charge in [0, 0.05) is 12.4 Å². The van der Waals surface area contributed by atoms with E-state index in [2.05, 4.69) is 9.97 Å². The van der Waals surface area contributed by atoms with Crippen LogP contribution in [-0.4, -0.2) is 15.8 Å². The summed E-state index contributed by atoms with van der Waals surface area (Å²) in [7, 11) is 0. The summed E-state index contributed by atoms with van der Waals surface area (Å²) >= 11 is 5.77. The number of rotatable bonds is 2. The zero-order valence-corrected chi connectivity index (χ0v) is 9.48. The molecule has 17 heavy (non-hydrogen) atoms. The van der Waals surface area contributed by atoms with Gasteiger partial charge in [-0.1, -0.05) is 11.6 Å². The lowest BCUT2D eigenvalue weighted by atomic mass is 10.1. The van der Waals surface area contributed by atoms with Crippen LogP contribution >= 0.6 is 11.6 Å². The molecule has 5 nitrogen and oxygen atoms in total. The Labute approximate surface area is 102 Å². The van der Waals surface area contributed by atoms with Crippen molar-refractivity contribution in [2.24, 2.45) is 0 Å². The average Bonchev–Trinajstić information content (AvgIpc) is 2.32. The first-order valence-corrected chi connectivity index (χ1v) is 5.13. The van der Waals surface area contributed by atoms with Gasteiger partial charge in [0.1, 0.15) is 11.5 Å². The molecule has 0 bridgehead atoms. The van der Waals surface area contributed by atoms with Crippen molar-refractivity contribution in [3.8, 4) is 0 Å². The van der Waals surface area contributed by atoms with Gasteiger partial charge < -0.3 is 11.5 Å². The van der Waals surface area contributed by atoms with E-state index < -0.39 is 5.78 Å². The molecular formula is C11H9ClN4O. The van der Waals surface area contributed by atoms with Gasteiger partial charge in [-0.15, -0.1) is 0 Å². The van der Waals surface area contributed by atoms with Crippen LogP contribution in [-0.2, 0) is 0 Å². The number of nitrogens with zero attached hydrogens (tertiary/aromatic N) is 2. The summed E-state index contributed by atoms with van der Waals surface area (Å²) in [5, 5.41) is 0.331. The minimum Gasteiger partial charge on any atom is -0.397 e. The molecule has 6 heteroatoms. The third-order valence-electron chi connectivity index (χ3n) is 2.18. The molecule has 2 rings (SSSR count). The molecule has 0 aliphatic rings. The number of nitrogen functional groups attached to an aromatic ring is 2. The van der Waals surface area contributed by atoms with E-state index in [0.717, 1.165) is 0 Å². The van der Waals surface area contributed by atoms with Crippen LogP contribution in [0.1, 0.15) is 16.1 Å². The highest BCUT2D eigenvalue weighted by atomic mass is 35.5. The fourth-order valence-corrected chi connectivity index (χ4v) is 1.52. The molecule has 0 fully saturated rings. The maximum absolute atomic E-state index is 12.1. The monoisotopic (exact) mass is 248 g/mol. The number of carbonyl (C=O) groups is 1. The van der Waals surface area contributed by atoms with Crippen LogP contribution in [0.2, 0.25) is 5.02 Å². The van der Waals surface area contributed by atoms with E-state index >= 15 is 0 Å². The van der Waals surface area contributed by atoms with Crippen molar-refractivity contribution in [3.05, 3.63) is 46.9 Å². The molecule has 0 saturated heterocycles. The number of anilines is 2. The van der Waals surface area contributed by atoms with Crippen molar-refractivity contribution in [3.63, 3.8) is 0 Å². The maximum atomic E-state index is 12.1.